The number of nitrogens with two attached hydrogens (primary N) is 2. The summed E-state index contributed by atoms with van der Waals surface area (Å²) >= 11 is 24.3. The minimum Gasteiger partial charge on any atom is -0.478 e. The Morgan fingerprint density at radius 1 is 0.729 bits per heavy atom. The van der Waals surface area contributed by atoms with Gasteiger partial charge in [-0.3, -0.25) is 0 Å². The maximum absolute atomic E-state index is 12.4. The Labute approximate surface area is 293 Å². The number of H-pyrrole nitrogens is 2. The Kier molecular flexibility index (Phi) is 10.5. The molecule has 2 aromatic carbocycles. The fourth-order valence-corrected chi connectivity index (χ4v) is 5.59. The van der Waals surface area contributed by atoms with E-state index in [1.165, 1.54) is 18.5 Å². The van der Waals surface area contributed by atoms with Gasteiger partial charge in [-0.25, -0.2) is 29.5 Å². The van der Waals surface area contributed by atoms with Crippen LogP contribution < -0.4 is 11.5 Å². The van der Waals surface area contributed by atoms with Crippen molar-refractivity contribution in [3.05, 3.63) is 104 Å². The van der Waals surface area contributed by atoms with Crippen molar-refractivity contribution in [2.24, 2.45) is 0 Å². The summed E-state index contributed by atoms with van der Waals surface area (Å²) in [7, 11) is 0. The van der Waals surface area contributed by atoms with Crippen molar-refractivity contribution in [2.45, 2.75) is 6.92 Å². The number of carboxylic acid groups (broad SMARTS) is 1. The van der Waals surface area contributed by atoms with E-state index in [-0.39, 0.29) is 24.1 Å². The second kappa shape index (κ2) is 14.7. The summed E-state index contributed by atoms with van der Waals surface area (Å²) in [6, 6.07) is 16.3. The molecule has 0 amide bonds. The number of aromatic carboxylic acids is 1. The topological polar surface area (TPSA) is 199 Å². The first-order valence-corrected chi connectivity index (χ1v) is 15.4. The Balaban J connectivity index is 0.000000188. The molecule has 0 aliphatic carbocycles. The molecule has 48 heavy (non-hydrogen) atoms. The van der Waals surface area contributed by atoms with Crippen molar-refractivity contribution in [3.8, 4) is 45.3 Å². The van der Waals surface area contributed by atoms with Crippen LogP contribution in [0.2, 0.25) is 20.1 Å². The lowest BCUT2D eigenvalue weighted by Gasteiger charge is -2.06. The number of nitrogens with zero attached hydrogens (tertiary/aromatic N) is 4. The molecule has 0 spiro atoms. The predicted molar refractivity (Wildman–Crippen MR) is 186 cm³/mol. The van der Waals surface area contributed by atoms with Crippen LogP contribution in [0.25, 0.3) is 45.3 Å². The van der Waals surface area contributed by atoms with Crippen molar-refractivity contribution in [1.29, 1.82) is 0 Å². The molecule has 16 heteroatoms. The van der Waals surface area contributed by atoms with Crippen molar-refractivity contribution in [1.82, 2.24) is 29.9 Å². The van der Waals surface area contributed by atoms with Crippen LogP contribution in [-0.2, 0) is 4.74 Å². The molecule has 0 fully saturated rings. The molecular formula is C32H24Cl4N8O4. The van der Waals surface area contributed by atoms with Crippen molar-refractivity contribution in [2.75, 3.05) is 18.1 Å². The maximum Gasteiger partial charge on any atom is 0.340 e. The minimum absolute atomic E-state index is 0.0707. The highest BCUT2D eigenvalue weighted by molar-refractivity contribution is 6.37. The fourth-order valence-electron chi connectivity index (χ4n) is 4.58. The average Bonchev–Trinajstić information content (AvgIpc) is 3.68. The van der Waals surface area contributed by atoms with E-state index >= 15 is 0 Å². The second-order valence-electron chi connectivity index (χ2n) is 9.82. The third-order valence-corrected chi connectivity index (χ3v) is 7.76. The number of ether oxygens (including phenoxy) is 1. The SMILES string of the molecule is CCOC(=O)c1cc(-c2ccnc(N)n2)[nH]c1-c1ccc(Cl)cc1Cl.Nc1nccc(-c2cc(C(=O)O)c(-c3ccc(Cl)cc3Cl)[nH]2)n1. The molecule has 0 radical (unpaired) electrons. The zero-order chi connectivity index (χ0) is 34.5. The van der Waals surface area contributed by atoms with Crippen LogP contribution in [0.5, 0.6) is 0 Å². The molecule has 0 atom stereocenters. The number of hydrogen-bond acceptors (Lipinski definition) is 9. The Morgan fingerprint density at radius 2 is 1.19 bits per heavy atom. The molecule has 12 nitrogen and oxygen atoms in total. The summed E-state index contributed by atoms with van der Waals surface area (Å²) in [5.41, 5.74) is 15.8. The molecule has 4 heterocycles. The van der Waals surface area contributed by atoms with Crippen molar-refractivity contribution >= 4 is 70.2 Å². The molecular weight excluding hydrogens is 702 g/mol. The third-order valence-electron chi connectivity index (χ3n) is 6.66. The smallest absolute Gasteiger partial charge is 0.340 e. The number of aromatic nitrogens is 6. The molecule has 7 N–H and O–H groups in total. The molecule has 0 aliphatic rings. The number of carboxylic acids is 1. The summed E-state index contributed by atoms with van der Waals surface area (Å²) in [6.45, 7) is 2.00. The van der Waals surface area contributed by atoms with Gasteiger partial charge in [-0.2, -0.15) is 0 Å². The number of anilines is 2. The monoisotopic (exact) mass is 724 g/mol. The van der Waals surface area contributed by atoms with E-state index in [2.05, 4.69) is 29.9 Å². The van der Waals surface area contributed by atoms with E-state index in [1.54, 1.807) is 61.5 Å². The van der Waals surface area contributed by atoms with Gasteiger partial charge in [0.15, 0.2) is 0 Å². The summed E-state index contributed by atoms with van der Waals surface area (Å²) in [5, 5.41) is 11.2. The Morgan fingerprint density at radius 3 is 1.60 bits per heavy atom. The number of rotatable bonds is 7. The van der Waals surface area contributed by atoms with Crippen LogP contribution >= 0.6 is 46.4 Å². The first kappa shape index (κ1) is 34.2. The molecule has 244 valence electrons. The van der Waals surface area contributed by atoms with Gasteiger partial charge in [0, 0.05) is 33.6 Å². The first-order valence-electron chi connectivity index (χ1n) is 13.9. The molecule has 6 aromatic rings. The fraction of sp³-hybridized carbons (Fsp3) is 0.0625. The Bertz CT molecular complexity index is 2150. The molecule has 0 unspecified atom stereocenters. The van der Waals surface area contributed by atoms with Crippen molar-refractivity contribution in [3.63, 3.8) is 0 Å². The number of aromatic amines is 2. The number of hydrogen-bond donors (Lipinski definition) is 5. The zero-order valence-corrected chi connectivity index (χ0v) is 27.8. The van der Waals surface area contributed by atoms with Crippen LogP contribution in [0.4, 0.5) is 11.9 Å². The van der Waals surface area contributed by atoms with Gasteiger partial charge in [0.1, 0.15) is 0 Å². The summed E-state index contributed by atoms with van der Waals surface area (Å²) in [4.78, 5) is 46.0. The summed E-state index contributed by atoms with van der Waals surface area (Å²) in [5.74, 6) is -1.32. The normalized spacial score (nSPS) is 10.7. The van der Waals surface area contributed by atoms with Crippen LogP contribution in [0.3, 0.4) is 0 Å². The molecule has 0 saturated carbocycles. The first-order chi connectivity index (χ1) is 22.9. The number of nitrogen functional groups attached to an aromatic ring is 2. The van der Waals surface area contributed by atoms with Crippen molar-refractivity contribution < 1.29 is 19.4 Å². The third kappa shape index (κ3) is 7.69. The highest BCUT2D eigenvalue weighted by Gasteiger charge is 2.22. The quantitative estimate of drug-likeness (QED) is 0.101. The average molecular weight is 726 g/mol. The standard InChI is InChI=1S/C17H14Cl2N4O2.C15H10Cl2N4O2/c1-2-25-16(24)11-8-14(13-5-6-21-17(20)23-13)22-15(11)10-4-3-9(18)7-12(10)19;16-7-1-2-8(10(17)5-7)13-9(14(22)23)6-12(20-13)11-3-4-19-15(18)21-11/h3-8,22H,2H2,1H3,(H2,20,21,23);1-6,20H,(H,22,23)(H2,18,19,21). The number of nitrogens with one attached hydrogen (secondary N) is 2. The van der Waals surface area contributed by atoms with Crippen LogP contribution in [0, 0.1) is 0 Å². The van der Waals surface area contributed by atoms with Gasteiger partial charge < -0.3 is 31.3 Å². The number of esters is 1. The van der Waals surface area contributed by atoms with Gasteiger partial charge in [0.05, 0.1) is 61.9 Å². The van der Waals surface area contributed by atoms with E-state index in [0.717, 1.165) is 0 Å². The molecule has 0 bridgehead atoms. The number of benzene rings is 2. The summed E-state index contributed by atoms with van der Waals surface area (Å²) < 4.78 is 5.14. The van der Waals surface area contributed by atoms with Gasteiger partial charge >= 0.3 is 11.9 Å². The van der Waals surface area contributed by atoms with Crippen LogP contribution in [-0.4, -0.2) is 53.6 Å². The molecule has 6 rings (SSSR count). The lowest BCUT2D eigenvalue weighted by molar-refractivity contribution is 0.0527. The van der Waals surface area contributed by atoms with Gasteiger partial charge in [-0.05, 0) is 67.6 Å². The van der Waals surface area contributed by atoms with Gasteiger partial charge in [0.2, 0.25) is 11.9 Å². The number of carbonyl (C=O) groups excluding carboxylic acids is 1. The molecule has 0 aliphatic heterocycles. The lowest BCUT2D eigenvalue weighted by Crippen LogP contribution is -2.05. The van der Waals surface area contributed by atoms with Crippen LogP contribution in [0.15, 0.2) is 73.1 Å². The predicted octanol–water partition coefficient (Wildman–Crippen LogP) is 7.93. The van der Waals surface area contributed by atoms with E-state index in [1.807, 2.05) is 0 Å². The zero-order valence-electron chi connectivity index (χ0n) is 24.8. The Hall–Kier alpha value is -5.14. The second-order valence-corrected chi connectivity index (χ2v) is 11.5. The van der Waals surface area contributed by atoms with E-state index in [4.69, 9.17) is 62.6 Å². The minimum atomic E-state index is -1.09. The van der Waals surface area contributed by atoms with E-state index < -0.39 is 11.9 Å². The van der Waals surface area contributed by atoms with Gasteiger partial charge in [0.25, 0.3) is 0 Å². The van der Waals surface area contributed by atoms with Gasteiger partial charge in [-0.15, -0.1) is 0 Å². The number of halogens is 4. The maximum atomic E-state index is 12.4. The van der Waals surface area contributed by atoms with Gasteiger partial charge in [-0.1, -0.05) is 46.4 Å². The lowest BCUT2D eigenvalue weighted by atomic mass is 10.1. The summed E-state index contributed by atoms with van der Waals surface area (Å²) in [6.07, 6.45) is 3.03. The highest BCUT2D eigenvalue weighted by atomic mass is 35.5. The largest absolute Gasteiger partial charge is 0.478 e. The highest BCUT2D eigenvalue weighted by Crippen LogP contribution is 2.36. The molecule has 4 aromatic heterocycles. The van der Waals surface area contributed by atoms with E-state index in [9.17, 15) is 14.7 Å². The number of carbonyl (C=O) groups is 2. The van der Waals surface area contributed by atoms with Crippen LogP contribution in [0.1, 0.15) is 27.6 Å². The van der Waals surface area contributed by atoms with E-state index in [0.29, 0.717) is 70.9 Å². The molecule has 0 saturated heterocycles.